The topological polar surface area (TPSA) is 119 Å². The van der Waals surface area contributed by atoms with Crippen molar-refractivity contribution in [1.82, 2.24) is 4.90 Å². The Kier molecular flexibility index (Phi) is 6.82. The van der Waals surface area contributed by atoms with Gasteiger partial charge in [-0.15, -0.1) is 0 Å². The van der Waals surface area contributed by atoms with Gasteiger partial charge < -0.3 is 14.8 Å². The Morgan fingerprint density at radius 1 is 1.15 bits per heavy atom. The third-order valence-electron chi connectivity index (χ3n) is 5.00. The SMILES string of the molecule is [B]c1cc(NC(C)=O)c2c(c1)C(=O)N(C(CS(C)(=O)=O)c1ccc(OC)c(OCC)c1)C2=O. The number of methoxy groups -OCH3 is 1. The number of imide groups is 1. The molecule has 172 valence electrons. The summed E-state index contributed by atoms with van der Waals surface area (Å²) in [7, 11) is 3.70. The van der Waals surface area contributed by atoms with Crippen molar-refractivity contribution in [3.05, 3.63) is 47.0 Å². The second-order valence-corrected chi connectivity index (χ2v) is 9.79. The lowest BCUT2D eigenvalue weighted by molar-refractivity contribution is -0.114. The summed E-state index contributed by atoms with van der Waals surface area (Å²) in [5, 5.41) is 2.51. The summed E-state index contributed by atoms with van der Waals surface area (Å²) in [6.45, 7) is 3.36. The molecule has 0 fully saturated rings. The Morgan fingerprint density at radius 2 is 1.85 bits per heavy atom. The Bertz CT molecular complexity index is 1240. The molecule has 3 rings (SSSR count). The molecule has 9 nitrogen and oxygen atoms in total. The lowest BCUT2D eigenvalue weighted by atomic mass is 9.91. The number of hydrogen-bond acceptors (Lipinski definition) is 7. The van der Waals surface area contributed by atoms with E-state index in [0.29, 0.717) is 23.7 Å². The van der Waals surface area contributed by atoms with Gasteiger partial charge in [-0.3, -0.25) is 19.3 Å². The maximum atomic E-state index is 13.4. The number of benzene rings is 2. The molecule has 1 aliphatic rings. The molecular formula is C22H23BN2O7S. The van der Waals surface area contributed by atoms with Gasteiger partial charge in [0.1, 0.15) is 17.7 Å². The molecule has 0 bridgehead atoms. The smallest absolute Gasteiger partial charge is 0.264 e. The number of sulfone groups is 1. The van der Waals surface area contributed by atoms with Gasteiger partial charge in [0.2, 0.25) is 5.91 Å². The number of nitrogens with one attached hydrogen (secondary N) is 1. The number of ether oxygens (including phenoxy) is 2. The van der Waals surface area contributed by atoms with Crippen LogP contribution in [0.2, 0.25) is 0 Å². The van der Waals surface area contributed by atoms with E-state index >= 15 is 0 Å². The number of amides is 3. The molecule has 1 N–H and O–H groups in total. The second kappa shape index (κ2) is 9.26. The highest BCUT2D eigenvalue weighted by Gasteiger charge is 2.43. The van der Waals surface area contributed by atoms with Gasteiger partial charge in [0, 0.05) is 13.2 Å². The zero-order valence-corrected chi connectivity index (χ0v) is 19.5. The van der Waals surface area contributed by atoms with Crippen molar-refractivity contribution in [3.63, 3.8) is 0 Å². The van der Waals surface area contributed by atoms with Crippen molar-refractivity contribution in [2.45, 2.75) is 19.9 Å². The van der Waals surface area contributed by atoms with Crippen molar-refractivity contribution in [2.75, 3.05) is 31.0 Å². The first-order chi connectivity index (χ1) is 15.5. The minimum atomic E-state index is -3.63. The molecule has 11 heteroatoms. The Hall–Kier alpha value is -3.34. The number of nitrogens with zero attached hydrogens (tertiary/aromatic N) is 1. The van der Waals surface area contributed by atoms with Crippen molar-refractivity contribution < 1.29 is 32.3 Å². The highest BCUT2D eigenvalue weighted by Crippen LogP contribution is 2.38. The van der Waals surface area contributed by atoms with Crippen LogP contribution < -0.4 is 20.3 Å². The van der Waals surface area contributed by atoms with Gasteiger partial charge in [-0.2, -0.15) is 0 Å². The first-order valence-electron chi connectivity index (χ1n) is 10.0. The number of fused-ring (bicyclic) bond motifs is 1. The molecule has 2 radical (unpaired) electrons. The molecule has 2 aromatic rings. The summed E-state index contributed by atoms with van der Waals surface area (Å²) >= 11 is 0. The quantitative estimate of drug-likeness (QED) is 0.455. The predicted molar refractivity (Wildman–Crippen MR) is 123 cm³/mol. The number of carbonyl (C=O) groups is 3. The average Bonchev–Trinajstić information content (AvgIpc) is 2.95. The van der Waals surface area contributed by atoms with Crippen LogP contribution in [0.3, 0.4) is 0 Å². The normalized spacial score (nSPS) is 14.1. The molecule has 0 saturated heterocycles. The monoisotopic (exact) mass is 470 g/mol. The summed E-state index contributed by atoms with van der Waals surface area (Å²) in [5.74, 6) is -1.65. The summed E-state index contributed by atoms with van der Waals surface area (Å²) in [4.78, 5) is 39.2. The largest absolute Gasteiger partial charge is 0.493 e. The summed E-state index contributed by atoms with van der Waals surface area (Å²) < 4.78 is 35.4. The molecule has 0 saturated carbocycles. The molecule has 1 aliphatic heterocycles. The van der Waals surface area contributed by atoms with Crippen LogP contribution >= 0.6 is 0 Å². The first-order valence-corrected chi connectivity index (χ1v) is 12.1. The van der Waals surface area contributed by atoms with Gasteiger partial charge in [-0.05, 0) is 30.7 Å². The standard InChI is InChI=1S/C22H23BN2O7S/c1-5-32-19-8-13(6-7-18(19)31-3)17(11-33(4,29)30)25-21(27)15-9-14(23)10-16(24-12(2)26)20(15)22(25)28/h6-10,17H,5,11H2,1-4H3,(H,24,26). The maximum absolute atomic E-state index is 13.4. The van der Waals surface area contributed by atoms with E-state index in [4.69, 9.17) is 17.3 Å². The fraction of sp³-hybridized carbons (Fsp3) is 0.318. The third kappa shape index (κ3) is 5.03. The van der Waals surface area contributed by atoms with Gasteiger partial charge in [-0.25, -0.2) is 8.42 Å². The Labute approximate surface area is 193 Å². The predicted octanol–water partition coefficient (Wildman–Crippen LogP) is 1.23. The van der Waals surface area contributed by atoms with E-state index in [-0.39, 0.29) is 22.3 Å². The molecule has 0 spiro atoms. The zero-order chi connectivity index (χ0) is 24.5. The molecule has 0 aromatic heterocycles. The zero-order valence-electron chi connectivity index (χ0n) is 18.7. The van der Waals surface area contributed by atoms with Crippen molar-refractivity contribution in [3.8, 4) is 11.5 Å². The van der Waals surface area contributed by atoms with Gasteiger partial charge in [0.15, 0.2) is 11.5 Å². The van der Waals surface area contributed by atoms with Crippen molar-refractivity contribution in [1.29, 1.82) is 0 Å². The van der Waals surface area contributed by atoms with Crippen LogP contribution in [0.15, 0.2) is 30.3 Å². The maximum Gasteiger partial charge on any atom is 0.264 e. The average molecular weight is 470 g/mol. The van der Waals surface area contributed by atoms with Crippen LogP contribution in [0.25, 0.3) is 0 Å². The van der Waals surface area contributed by atoms with Crippen molar-refractivity contribution >= 4 is 46.6 Å². The highest BCUT2D eigenvalue weighted by molar-refractivity contribution is 7.90. The van der Waals surface area contributed by atoms with Crippen LogP contribution in [0.4, 0.5) is 5.69 Å². The van der Waals surface area contributed by atoms with Gasteiger partial charge in [0.05, 0.1) is 42.3 Å². The third-order valence-corrected chi connectivity index (χ3v) is 5.92. The number of carbonyl (C=O) groups excluding carboxylic acids is 3. The van der Waals surface area contributed by atoms with E-state index in [9.17, 15) is 22.8 Å². The summed E-state index contributed by atoms with van der Waals surface area (Å²) in [5.41, 5.74) is 0.569. The molecule has 1 atom stereocenters. The molecule has 1 unspecified atom stereocenters. The number of rotatable bonds is 8. The minimum Gasteiger partial charge on any atom is -0.493 e. The molecule has 0 aliphatic carbocycles. The van der Waals surface area contributed by atoms with Crippen LogP contribution in [0.1, 0.15) is 46.2 Å². The summed E-state index contributed by atoms with van der Waals surface area (Å²) in [6, 6.07) is 6.26. The van der Waals surface area contributed by atoms with Crippen LogP contribution in [-0.2, 0) is 14.6 Å². The molecular weight excluding hydrogens is 447 g/mol. The Balaban J connectivity index is 2.16. The molecule has 2 aromatic carbocycles. The first kappa shape index (κ1) is 24.3. The van der Waals surface area contributed by atoms with Gasteiger partial charge >= 0.3 is 0 Å². The van der Waals surface area contributed by atoms with Crippen LogP contribution in [0.5, 0.6) is 11.5 Å². The van der Waals surface area contributed by atoms with Crippen molar-refractivity contribution in [2.24, 2.45) is 0 Å². The number of anilines is 1. The fourth-order valence-corrected chi connectivity index (χ4v) is 4.67. The van der Waals surface area contributed by atoms with Crippen LogP contribution in [0, 0.1) is 0 Å². The lowest BCUT2D eigenvalue weighted by Crippen LogP contribution is -2.37. The second-order valence-electron chi connectivity index (χ2n) is 7.60. The van der Waals surface area contributed by atoms with E-state index in [1.807, 2.05) is 0 Å². The van der Waals surface area contributed by atoms with E-state index in [2.05, 4.69) is 5.32 Å². The lowest BCUT2D eigenvalue weighted by Gasteiger charge is -2.27. The summed E-state index contributed by atoms with van der Waals surface area (Å²) in [6.07, 6.45) is 1.02. The van der Waals surface area contributed by atoms with Gasteiger partial charge in [-0.1, -0.05) is 17.6 Å². The van der Waals surface area contributed by atoms with E-state index < -0.39 is 39.4 Å². The number of hydrogen-bond donors (Lipinski definition) is 1. The van der Waals surface area contributed by atoms with E-state index in [1.165, 1.54) is 26.2 Å². The van der Waals surface area contributed by atoms with E-state index in [0.717, 1.165) is 11.2 Å². The molecule has 3 amide bonds. The van der Waals surface area contributed by atoms with Crippen LogP contribution in [-0.4, -0.2) is 64.6 Å². The molecule has 33 heavy (non-hydrogen) atoms. The molecule has 1 heterocycles. The van der Waals surface area contributed by atoms with E-state index in [1.54, 1.807) is 25.1 Å². The van der Waals surface area contributed by atoms with Gasteiger partial charge in [0.25, 0.3) is 11.8 Å². The highest BCUT2D eigenvalue weighted by atomic mass is 32.2. The fourth-order valence-electron chi connectivity index (χ4n) is 3.75. The minimum absolute atomic E-state index is 0.0132. The Morgan fingerprint density at radius 3 is 2.42 bits per heavy atom.